The summed E-state index contributed by atoms with van der Waals surface area (Å²) in [5.41, 5.74) is 2.48. The third kappa shape index (κ3) is 4.81. The Morgan fingerprint density at radius 1 is 1.16 bits per heavy atom. The van der Waals surface area contributed by atoms with Crippen molar-refractivity contribution in [3.8, 4) is 5.75 Å². The average Bonchev–Trinajstić information content (AvgIpc) is 2.61. The number of hydrogen-bond donors (Lipinski definition) is 2. The Kier molecular flexibility index (Phi) is 6.14. The third-order valence-electron chi connectivity index (χ3n) is 3.64. The maximum absolute atomic E-state index is 12.3. The van der Waals surface area contributed by atoms with Crippen LogP contribution < -0.4 is 10.1 Å². The quantitative estimate of drug-likeness (QED) is 0.788. The van der Waals surface area contributed by atoms with Gasteiger partial charge >= 0.3 is 5.97 Å². The van der Waals surface area contributed by atoms with Gasteiger partial charge in [0, 0.05) is 0 Å². The van der Waals surface area contributed by atoms with Crippen LogP contribution >= 0.6 is 0 Å². The minimum absolute atomic E-state index is 0.105. The summed E-state index contributed by atoms with van der Waals surface area (Å²) in [6.07, 6.45) is -0.977. The lowest BCUT2D eigenvalue weighted by Gasteiger charge is -2.15. The van der Waals surface area contributed by atoms with Gasteiger partial charge in [0.2, 0.25) is 0 Å². The van der Waals surface area contributed by atoms with Gasteiger partial charge in [0.15, 0.2) is 6.10 Å². The molecular formula is C19H21NO5. The molecule has 2 N–H and O–H groups in total. The van der Waals surface area contributed by atoms with Gasteiger partial charge in [-0.25, -0.2) is 4.79 Å². The Bertz CT molecular complexity index is 755. The highest BCUT2D eigenvalue weighted by Gasteiger charge is 2.20. The molecule has 25 heavy (non-hydrogen) atoms. The van der Waals surface area contributed by atoms with E-state index >= 15 is 0 Å². The highest BCUT2D eigenvalue weighted by Crippen LogP contribution is 2.25. The zero-order valence-corrected chi connectivity index (χ0v) is 14.4. The number of nitrogens with one attached hydrogen (secondary N) is 1. The summed E-state index contributed by atoms with van der Waals surface area (Å²) in [6.45, 7) is 3.29. The molecule has 0 heterocycles. The summed E-state index contributed by atoms with van der Waals surface area (Å²) in [4.78, 5) is 24.4. The predicted octanol–water partition coefficient (Wildman–Crippen LogP) is 2.68. The average molecular weight is 343 g/mol. The highest BCUT2D eigenvalue weighted by atomic mass is 16.5. The monoisotopic (exact) mass is 343 g/mol. The number of benzene rings is 2. The maximum atomic E-state index is 12.3. The normalized spacial score (nSPS) is 11.5. The molecule has 2 aromatic carbocycles. The fourth-order valence-corrected chi connectivity index (χ4v) is 2.18. The van der Waals surface area contributed by atoms with Gasteiger partial charge in [-0.15, -0.1) is 0 Å². The standard InChI is InChI=1S/C19H21NO5/c1-12-4-9-17(24-3)16(10-12)20-18(22)13(2)25-19(23)15-7-5-14(11-21)6-8-15/h4-10,13,21H,11H2,1-3H3,(H,20,22)/t13-/m1/s1. The van der Waals surface area contributed by atoms with Crippen molar-refractivity contribution in [3.63, 3.8) is 0 Å². The number of aryl methyl sites for hydroxylation is 1. The van der Waals surface area contributed by atoms with E-state index in [1.54, 1.807) is 36.4 Å². The predicted molar refractivity (Wildman–Crippen MR) is 93.6 cm³/mol. The molecule has 0 aliphatic carbocycles. The topological polar surface area (TPSA) is 84.9 Å². The first-order valence-electron chi connectivity index (χ1n) is 7.81. The Balaban J connectivity index is 2.02. The number of esters is 1. The molecule has 0 fully saturated rings. The first-order valence-corrected chi connectivity index (χ1v) is 7.81. The molecule has 0 aliphatic rings. The molecule has 0 bridgehead atoms. The molecular weight excluding hydrogens is 322 g/mol. The van der Waals surface area contributed by atoms with E-state index in [0.29, 0.717) is 22.6 Å². The van der Waals surface area contributed by atoms with E-state index in [0.717, 1.165) is 5.56 Å². The fraction of sp³-hybridized carbons (Fsp3) is 0.263. The van der Waals surface area contributed by atoms with Crippen molar-refractivity contribution in [2.45, 2.75) is 26.6 Å². The third-order valence-corrected chi connectivity index (χ3v) is 3.64. The van der Waals surface area contributed by atoms with Crippen LogP contribution in [0.4, 0.5) is 5.69 Å². The Morgan fingerprint density at radius 3 is 2.44 bits per heavy atom. The van der Waals surface area contributed by atoms with Crippen molar-refractivity contribution >= 4 is 17.6 Å². The first-order chi connectivity index (χ1) is 11.9. The number of aliphatic hydroxyl groups is 1. The molecule has 6 heteroatoms. The SMILES string of the molecule is COc1ccc(C)cc1NC(=O)[C@@H](C)OC(=O)c1ccc(CO)cc1. The summed E-state index contributed by atoms with van der Waals surface area (Å²) < 4.78 is 10.4. The molecule has 0 unspecified atom stereocenters. The Labute approximate surface area is 146 Å². The molecule has 1 atom stereocenters. The van der Waals surface area contributed by atoms with Crippen LogP contribution in [-0.4, -0.2) is 30.2 Å². The van der Waals surface area contributed by atoms with Crippen molar-refractivity contribution in [1.29, 1.82) is 0 Å². The molecule has 2 rings (SSSR count). The van der Waals surface area contributed by atoms with Crippen LogP contribution in [0.1, 0.15) is 28.4 Å². The van der Waals surface area contributed by atoms with E-state index in [1.807, 2.05) is 13.0 Å². The van der Waals surface area contributed by atoms with Gasteiger partial charge in [-0.3, -0.25) is 4.79 Å². The molecule has 132 valence electrons. The molecule has 0 saturated heterocycles. The Hall–Kier alpha value is -2.86. The number of hydrogen-bond acceptors (Lipinski definition) is 5. The smallest absolute Gasteiger partial charge is 0.338 e. The molecule has 6 nitrogen and oxygen atoms in total. The van der Waals surface area contributed by atoms with E-state index in [-0.39, 0.29) is 6.61 Å². The summed E-state index contributed by atoms with van der Waals surface area (Å²) in [6, 6.07) is 11.7. The molecule has 0 aromatic heterocycles. The number of carbonyl (C=O) groups excluding carboxylic acids is 2. The van der Waals surface area contributed by atoms with E-state index in [9.17, 15) is 9.59 Å². The Morgan fingerprint density at radius 2 is 1.84 bits per heavy atom. The summed E-state index contributed by atoms with van der Waals surface area (Å²) in [5.74, 6) is -0.537. The minimum Gasteiger partial charge on any atom is -0.495 e. The number of amides is 1. The summed E-state index contributed by atoms with van der Waals surface area (Å²) >= 11 is 0. The van der Waals surface area contributed by atoms with Crippen LogP contribution in [0, 0.1) is 6.92 Å². The van der Waals surface area contributed by atoms with Crippen molar-refractivity contribution in [3.05, 3.63) is 59.2 Å². The van der Waals surface area contributed by atoms with Gasteiger partial charge in [0.05, 0.1) is 25.0 Å². The fourth-order valence-electron chi connectivity index (χ4n) is 2.18. The first kappa shape index (κ1) is 18.5. The van der Waals surface area contributed by atoms with Crippen LogP contribution in [0.15, 0.2) is 42.5 Å². The molecule has 0 saturated carbocycles. The number of rotatable bonds is 6. The van der Waals surface area contributed by atoms with Gasteiger partial charge in [0.1, 0.15) is 5.75 Å². The van der Waals surface area contributed by atoms with Gasteiger partial charge in [0.25, 0.3) is 5.91 Å². The highest BCUT2D eigenvalue weighted by molar-refractivity contribution is 5.98. The van der Waals surface area contributed by atoms with Gasteiger partial charge in [-0.05, 0) is 49.2 Å². The second-order valence-corrected chi connectivity index (χ2v) is 5.60. The van der Waals surface area contributed by atoms with Crippen LogP contribution in [0.5, 0.6) is 5.75 Å². The van der Waals surface area contributed by atoms with Gasteiger partial charge in [-0.2, -0.15) is 0 Å². The summed E-state index contributed by atoms with van der Waals surface area (Å²) in [7, 11) is 1.51. The van der Waals surface area contributed by atoms with Crippen LogP contribution in [-0.2, 0) is 16.1 Å². The molecule has 2 aromatic rings. The largest absolute Gasteiger partial charge is 0.495 e. The van der Waals surface area contributed by atoms with Crippen LogP contribution in [0.3, 0.4) is 0 Å². The number of aliphatic hydroxyl groups excluding tert-OH is 1. The van der Waals surface area contributed by atoms with Crippen LogP contribution in [0.2, 0.25) is 0 Å². The molecule has 1 amide bonds. The minimum atomic E-state index is -0.977. The van der Waals surface area contributed by atoms with Gasteiger partial charge < -0.3 is 19.9 Å². The zero-order chi connectivity index (χ0) is 18.4. The van der Waals surface area contributed by atoms with Gasteiger partial charge in [-0.1, -0.05) is 18.2 Å². The van der Waals surface area contributed by atoms with Crippen molar-refractivity contribution in [1.82, 2.24) is 0 Å². The maximum Gasteiger partial charge on any atom is 0.338 e. The number of anilines is 1. The second kappa shape index (κ2) is 8.30. The molecule has 0 aliphatic heterocycles. The van der Waals surface area contributed by atoms with E-state index in [1.165, 1.54) is 14.0 Å². The van der Waals surface area contributed by atoms with Crippen molar-refractivity contribution in [2.24, 2.45) is 0 Å². The van der Waals surface area contributed by atoms with E-state index in [4.69, 9.17) is 14.6 Å². The van der Waals surface area contributed by atoms with E-state index in [2.05, 4.69) is 5.32 Å². The molecule has 0 radical (unpaired) electrons. The lowest BCUT2D eigenvalue weighted by molar-refractivity contribution is -0.123. The van der Waals surface area contributed by atoms with Crippen molar-refractivity contribution < 1.29 is 24.2 Å². The number of ether oxygens (including phenoxy) is 2. The second-order valence-electron chi connectivity index (χ2n) is 5.60. The van der Waals surface area contributed by atoms with Crippen molar-refractivity contribution in [2.75, 3.05) is 12.4 Å². The zero-order valence-electron chi connectivity index (χ0n) is 14.4. The number of methoxy groups -OCH3 is 1. The molecule has 0 spiro atoms. The number of carbonyl (C=O) groups is 2. The van der Waals surface area contributed by atoms with Crippen LogP contribution in [0.25, 0.3) is 0 Å². The lowest BCUT2D eigenvalue weighted by Crippen LogP contribution is -2.30. The lowest BCUT2D eigenvalue weighted by atomic mass is 10.1. The summed E-state index contributed by atoms with van der Waals surface area (Å²) in [5, 5.41) is 11.7. The van der Waals surface area contributed by atoms with E-state index < -0.39 is 18.0 Å².